The largest absolute Gasteiger partial charge is 0.426 e. The van der Waals surface area contributed by atoms with Gasteiger partial charge in [0, 0.05) is 6.42 Å². The number of rotatable bonds is 5. The predicted molar refractivity (Wildman–Crippen MR) is 76.2 cm³/mol. The van der Waals surface area contributed by atoms with Crippen molar-refractivity contribution in [1.82, 2.24) is 0 Å². The lowest BCUT2D eigenvalue weighted by atomic mass is 10.1. The summed E-state index contributed by atoms with van der Waals surface area (Å²) in [5.74, 6) is 0.507. The van der Waals surface area contributed by atoms with Crippen LogP contribution in [-0.2, 0) is 17.6 Å². The average Bonchev–Trinajstić information content (AvgIpc) is 2.47. The number of aryl methyl sites for hydroxylation is 2. The maximum Gasteiger partial charge on any atom is 0.311 e. The summed E-state index contributed by atoms with van der Waals surface area (Å²) in [4.78, 5) is 11.8. The van der Waals surface area contributed by atoms with Crippen molar-refractivity contribution in [2.24, 2.45) is 0 Å². The minimum absolute atomic E-state index is 0.176. The Morgan fingerprint density at radius 2 is 1.68 bits per heavy atom. The van der Waals surface area contributed by atoms with Gasteiger partial charge in [-0.1, -0.05) is 55.5 Å². The number of carbonyl (C=O) groups is 1. The van der Waals surface area contributed by atoms with E-state index in [1.165, 1.54) is 0 Å². The Bertz CT molecular complexity index is 532. The minimum Gasteiger partial charge on any atom is -0.426 e. The van der Waals surface area contributed by atoms with Gasteiger partial charge in [0.1, 0.15) is 5.75 Å². The van der Waals surface area contributed by atoms with Crippen LogP contribution in [0.4, 0.5) is 0 Å². The van der Waals surface area contributed by atoms with E-state index in [9.17, 15) is 4.79 Å². The van der Waals surface area contributed by atoms with Crippen molar-refractivity contribution < 1.29 is 9.53 Å². The van der Waals surface area contributed by atoms with Gasteiger partial charge in [0.25, 0.3) is 0 Å². The molecule has 2 aromatic carbocycles. The van der Waals surface area contributed by atoms with Gasteiger partial charge >= 0.3 is 5.97 Å². The Morgan fingerprint density at radius 3 is 2.42 bits per heavy atom. The quantitative estimate of drug-likeness (QED) is 0.599. The molecule has 0 spiro atoms. The van der Waals surface area contributed by atoms with Crippen LogP contribution in [0.15, 0.2) is 54.6 Å². The van der Waals surface area contributed by atoms with Gasteiger partial charge in [-0.2, -0.15) is 0 Å². The molecular weight excluding hydrogens is 236 g/mol. The van der Waals surface area contributed by atoms with Crippen LogP contribution in [0.25, 0.3) is 0 Å². The van der Waals surface area contributed by atoms with Crippen LogP contribution in [0.2, 0.25) is 0 Å². The van der Waals surface area contributed by atoms with Gasteiger partial charge in [0.15, 0.2) is 0 Å². The van der Waals surface area contributed by atoms with E-state index in [4.69, 9.17) is 4.74 Å². The summed E-state index contributed by atoms with van der Waals surface area (Å²) in [5, 5.41) is 0. The summed E-state index contributed by atoms with van der Waals surface area (Å²) >= 11 is 0. The van der Waals surface area contributed by atoms with Crippen LogP contribution in [0, 0.1) is 0 Å². The standard InChI is InChI=1S/C17H18O2/c1-2-15-10-6-7-11-16(15)19-17(18)13-12-14-8-4-3-5-9-14/h3-11H,2,12-13H2,1H3. The zero-order valence-corrected chi connectivity index (χ0v) is 11.1. The Hall–Kier alpha value is -2.09. The van der Waals surface area contributed by atoms with Gasteiger partial charge in [0.05, 0.1) is 0 Å². The van der Waals surface area contributed by atoms with Gasteiger partial charge < -0.3 is 4.74 Å². The van der Waals surface area contributed by atoms with Crippen LogP contribution in [0.1, 0.15) is 24.5 Å². The highest BCUT2D eigenvalue weighted by Crippen LogP contribution is 2.19. The molecule has 0 radical (unpaired) electrons. The molecule has 0 atom stereocenters. The van der Waals surface area contributed by atoms with E-state index in [1.807, 2.05) is 54.6 Å². The summed E-state index contributed by atoms with van der Waals surface area (Å²) < 4.78 is 5.42. The molecular formula is C17H18O2. The molecule has 0 aliphatic carbocycles. The molecule has 0 aliphatic rings. The first-order chi connectivity index (χ1) is 9.29. The van der Waals surface area contributed by atoms with E-state index in [1.54, 1.807) is 0 Å². The van der Waals surface area contributed by atoms with Gasteiger partial charge in [-0.05, 0) is 30.0 Å². The molecule has 0 heterocycles. The zero-order chi connectivity index (χ0) is 13.5. The SMILES string of the molecule is CCc1ccccc1OC(=O)CCc1ccccc1. The Balaban J connectivity index is 1.91. The smallest absolute Gasteiger partial charge is 0.311 e. The van der Waals surface area contributed by atoms with E-state index in [-0.39, 0.29) is 5.97 Å². The highest BCUT2D eigenvalue weighted by atomic mass is 16.5. The maximum absolute atomic E-state index is 11.8. The van der Waals surface area contributed by atoms with Crippen LogP contribution in [0.3, 0.4) is 0 Å². The highest BCUT2D eigenvalue weighted by Gasteiger charge is 2.08. The number of ether oxygens (including phenoxy) is 1. The van der Waals surface area contributed by atoms with Crippen molar-refractivity contribution >= 4 is 5.97 Å². The third-order valence-electron chi connectivity index (χ3n) is 3.04. The van der Waals surface area contributed by atoms with Crippen LogP contribution >= 0.6 is 0 Å². The summed E-state index contributed by atoms with van der Waals surface area (Å²) in [6.45, 7) is 2.05. The summed E-state index contributed by atoms with van der Waals surface area (Å²) in [6.07, 6.45) is 1.98. The lowest BCUT2D eigenvalue weighted by Gasteiger charge is -2.08. The number of benzene rings is 2. The molecule has 98 valence electrons. The van der Waals surface area contributed by atoms with Crippen LogP contribution in [0.5, 0.6) is 5.75 Å². The topological polar surface area (TPSA) is 26.3 Å². The zero-order valence-electron chi connectivity index (χ0n) is 11.1. The van der Waals surface area contributed by atoms with Crippen LogP contribution < -0.4 is 4.74 Å². The molecule has 0 saturated heterocycles. The molecule has 0 bridgehead atoms. The van der Waals surface area contributed by atoms with Gasteiger partial charge in [-0.25, -0.2) is 0 Å². The van der Waals surface area contributed by atoms with E-state index < -0.39 is 0 Å². The second-order valence-corrected chi connectivity index (χ2v) is 4.42. The second kappa shape index (κ2) is 6.74. The van der Waals surface area contributed by atoms with E-state index in [0.717, 1.165) is 17.5 Å². The molecule has 19 heavy (non-hydrogen) atoms. The molecule has 2 aromatic rings. The Kier molecular flexibility index (Phi) is 4.73. The van der Waals surface area contributed by atoms with Crippen molar-refractivity contribution in [3.63, 3.8) is 0 Å². The van der Waals surface area contributed by atoms with Crippen molar-refractivity contribution in [3.05, 3.63) is 65.7 Å². The molecule has 0 aliphatic heterocycles. The second-order valence-electron chi connectivity index (χ2n) is 4.42. The van der Waals surface area contributed by atoms with Crippen molar-refractivity contribution in [1.29, 1.82) is 0 Å². The van der Waals surface area contributed by atoms with Gasteiger partial charge in [-0.3, -0.25) is 4.79 Å². The van der Waals surface area contributed by atoms with Crippen molar-refractivity contribution in [2.75, 3.05) is 0 Å². The number of carbonyl (C=O) groups excluding carboxylic acids is 1. The average molecular weight is 254 g/mol. The number of hydrogen-bond donors (Lipinski definition) is 0. The van der Waals surface area contributed by atoms with Crippen molar-refractivity contribution in [3.8, 4) is 5.75 Å². The third kappa shape index (κ3) is 3.95. The number of para-hydroxylation sites is 1. The molecule has 2 nitrogen and oxygen atoms in total. The molecule has 2 rings (SSSR count). The van der Waals surface area contributed by atoms with E-state index in [2.05, 4.69) is 6.92 Å². The maximum atomic E-state index is 11.8. The molecule has 0 amide bonds. The molecule has 0 aromatic heterocycles. The molecule has 2 heteroatoms. The first-order valence-corrected chi connectivity index (χ1v) is 6.62. The fourth-order valence-electron chi connectivity index (χ4n) is 1.96. The Morgan fingerprint density at radius 1 is 1.00 bits per heavy atom. The van der Waals surface area contributed by atoms with Crippen molar-refractivity contribution in [2.45, 2.75) is 26.2 Å². The number of esters is 1. The van der Waals surface area contributed by atoms with E-state index >= 15 is 0 Å². The summed E-state index contributed by atoms with van der Waals surface area (Å²) in [7, 11) is 0. The van der Waals surface area contributed by atoms with Crippen LogP contribution in [-0.4, -0.2) is 5.97 Å². The Labute approximate surface area is 114 Å². The molecule has 0 unspecified atom stereocenters. The fourth-order valence-corrected chi connectivity index (χ4v) is 1.96. The summed E-state index contributed by atoms with van der Waals surface area (Å²) in [5.41, 5.74) is 2.22. The minimum atomic E-state index is -0.176. The third-order valence-corrected chi connectivity index (χ3v) is 3.04. The van der Waals surface area contributed by atoms with E-state index in [0.29, 0.717) is 18.6 Å². The first-order valence-electron chi connectivity index (χ1n) is 6.62. The molecule has 0 saturated carbocycles. The molecule has 0 fully saturated rings. The highest BCUT2D eigenvalue weighted by molar-refractivity contribution is 5.73. The first kappa shape index (κ1) is 13.3. The normalized spacial score (nSPS) is 10.2. The summed E-state index contributed by atoms with van der Waals surface area (Å²) in [6, 6.07) is 17.7. The predicted octanol–water partition coefficient (Wildman–Crippen LogP) is 3.79. The fraction of sp³-hybridized carbons (Fsp3) is 0.235. The lowest BCUT2D eigenvalue weighted by molar-refractivity contribution is -0.134. The van der Waals surface area contributed by atoms with Gasteiger partial charge in [-0.15, -0.1) is 0 Å². The number of hydrogen-bond acceptors (Lipinski definition) is 2. The monoisotopic (exact) mass is 254 g/mol. The van der Waals surface area contributed by atoms with Gasteiger partial charge in [0.2, 0.25) is 0 Å². The molecule has 0 N–H and O–H groups in total. The lowest BCUT2D eigenvalue weighted by Crippen LogP contribution is -2.10.